The van der Waals surface area contributed by atoms with E-state index in [4.69, 9.17) is 4.74 Å². The van der Waals surface area contributed by atoms with Gasteiger partial charge in [-0.3, -0.25) is 9.59 Å². The Morgan fingerprint density at radius 1 is 1.12 bits per heavy atom. The van der Waals surface area contributed by atoms with Crippen molar-refractivity contribution in [2.24, 2.45) is 5.92 Å². The number of fused-ring (bicyclic) bond motifs is 1. The van der Waals surface area contributed by atoms with Crippen molar-refractivity contribution in [3.05, 3.63) is 59.5 Å². The predicted molar refractivity (Wildman–Crippen MR) is 132 cm³/mol. The van der Waals surface area contributed by atoms with E-state index >= 15 is 4.39 Å². The molecule has 0 spiro atoms. The van der Waals surface area contributed by atoms with E-state index in [1.54, 1.807) is 32.2 Å². The van der Waals surface area contributed by atoms with Crippen LogP contribution in [0.25, 0.3) is 27.6 Å². The zero-order valence-corrected chi connectivity index (χ0v) is 20.2. The molecule has 0 radical (unpaired) electrons. The van der Waals surface area contributed by atoms with Crippen LogP contribution in [0.2, 0.25) is 0 Å². The first kappa shape index (κ1) is 23.5. The standard InChI is InChI=1S/C27H30FN3O3/c1-16(2)26(32)31-12-8-9-17(15-31)19-13-20(18-10-6-7-11-23(18)34-5)21-14-22(27(33)30(3)4)29-25(21)24(19)28/h6-7,9-11,13-14,16,29H,8,12,15H2,1-5H3. The molecule has 178 valence electrons. The highest BCUT2D eigenvalue weighted by molar-refractivity contribution is 6.05. The summed E-state index contributed by atoms with van der Waals surface area (Å²) in [6, 6.07) is 11.0. The number of hydrogen-bond acceptors (Lipinski definition) is 3. The maximum Gasteiger partial charge on any atom is 0.269 e. The molecule has 1 aliphatic rings. The fraction of sp³-hybridized carbons (Fsp3) is 0.333. The van der Waals surface area contributed by atoms with E-state index in [9.17, 15) is 9.59 Å². The molecule has 0 bridgehead atoms. The second-order valence-corrected chi connectivity index (χ2v) is 9.09. The van der Waals surface area contributed by atoms with Gasteiger partial charge in [-0.2, -0.15) is 0 Å². The van der Waals surface area contributed by atoms with Crippen molar-refractivity contribution < 1.29 is 18.7 Å². The summed E-state index contributed by atoms with van der Waals surface area (Å²) in [6.07, 6.45) is 2.65. The molecule has 2 aromatic carbocycles. The molecule has 0 unspecified atom stereocenters. The van der Waals surface area contributed by atoms with Gasteiger partial charge in [0, 0.05) is 49.6 Å². The third-order valence-electron chi connectivity index (χ3n) is 6.19. The van der Waals surface area contributed by atoms with Crippen molar-refractivity contribution in [2.45, 2.75) is 20.3 Å². The highest BCUT2D eigenvalue weighted by Gasteiger charge is 2.26. The van der Waals surface area contributed by atoms with Gasteiger partial charge in [0.05, 0.1) is 12.6 Å². The number of nitrogens with zero attached hydrogens (tertiary/aromatic N) is 2. The lowest BCUT2D eigenvalue weighted by Crippen LogP contribution is -2.38. The number of rotatable bonds is 5. The summed E-state index contributed by atoms with van der Waals surface area (Å²) in [6.45, 7) is 4.70. The third-order valence-corrected chi connectivity index (χ3v) is 6.19. The van der Waals surface area contributed by atoms with Gasteiger partial charge in [-0.15, -0.1) is 0 Å². The van der Waals surface area contributed by atoms with Crippen LogP contribution >= 0.6 is 0 Å². The monoisotopic (exact) mass is 463 g/mol. The lowest BCUT2D eigenvalue weighted by Gasteiger charge is -2.29. The summed E-state index contributed by atoms with van der Waals surface area (Å²) in [5.74, 6) is -0.0999. The van der Waals surface area contributed by atoms with Gasteiger partial charge < -0.3 is 19.5 Å². The SMILES string of the molecule is COc1ccccc1-c1cc(C2=CCCN(C(=O)C(C)C)C2)c(F)c2[nH]c(C(=O)N(C)C)cc12. The largest absolute Gasteiger partial charge is 0.496 e. The first-order chi connectivity index (χ1) is 16.2. The van der Waals surface area contributed by atoms with Crippen LogP contribution in [0, 0.1) is 11.7 Å². The molecule has 0 aliphatic carbocycles. The molecule has 0 atom stereocenters. The molecule has 2 amide bonds. The first-order valence-electron chi connectivity index (χ1n) is 11.4. The Kier molecular flexibility index (Phi) is 6.46. The van der Waals surface area contributed by atoms with Crippen LogP contribution in [0.5, 0.6) is 5.75 Å². The Hall–Kier alpha value is -3.61. The molecule has 0 fully saturated rings. The van der Waals surface area contributed by atoms with Crippen LogP contribution in [-0.2, 0) is 4.79 Å². The number of hydrogen-bond donors (Lipinski definition) is 1. The summed E-state index contributed by atoms with van der Waals surface area (Å²) >= 11 is 0. The lowest BCUT2D eigenvalue weighted by atomic mass is 9.92. The number of nitrogens with one attached hydrogen (secondary N) is 1. The van der Waals surface area contributed by atoms with E-state index in [0.29, 0.717) is 41.9 Å². The maximum atomic E-state index is 16.0. The molecule has 1 aromatic heterocycles. The van der Waals surface area contributed by atoms with E-state index in [1.807, 2.05) is 50.3 Å². The highest BCUT2D eigenvalue weighted by Crippen LogP contribution is 2.40. The lowest BCUT2D eigenvalue weighted by molar-refractivity contribution is -0.133. The summed E-state index contributed by atoms with van der Waals surface area (Å²) in [4.78, 5) is 31.5. The minimum atomic E-state index is -0.434. The Morgan fingerprint density at radius 3 is 2.53 bits per heavy atom. The topological polar surface area (TPSA) is 65.6 Å². The molecule has 0 saturated carbocycles. The van der Waals surface area contributed by atoms with Crippen LogP contribution in [-0.4, -0.2) is 60.9 Å². The van der Waals surface area contributed by atoms with Crippen molar-refractivity contribution in [2.75, 3.05) is 34.3 Å². The second kappa shape index (κ2) is 9.33. The molecule has 34 heavy (non-hydrogen) atoms. The smallest absolute Gasteiger partial charge is 0.269 e. The zero-order valence-electron chi connectivity index (χ0n) is 20.2. The van der Waals surface area contributed by atoms with Crippen molar-refractivity contribution in [3.63, 3.8) is 0 Å². The Balaban J connectivity index is 1.93. The number of aromatic nitrogens is 1. The van der Waals surface area contributed by atoms with Crippen molar-refractivity contribution >= 4 is 28.3 Å². The summed E-state index contributed by atoms with van der Waals surface area (Å²) < 4.78 is 21.5. The first-order valence-corrected chi connectivity index (χ1v) is 11.4. The van der Waals surface area contributed by atoms with Crippen LogP contribution < -0.4 is 4.74 Å². The van der Waals surface area contributed by atoms with Crippen LogP contribution in [0.1, 0.15) is 36.3 Å². The van der Waals surface area contributed by atoms with Gasteiger partial charge in [0.25, 0.3) is 5.91 Å². The van der Waals surface area contributed by atoms with Crippen LogP contribution in [0.4, 0.5) is 4.39 Å². The van der Waals surface area contributed by atoms with Crippen molar-refractivity contribution in [3.8, 4) is 16.9 Å². The second-order valence-electron chi connectivity index (χ2n) is 9.09. The van der Waals surface area contributed by atoms with Gasteiger partial charge in [0.15, 0.2) is 5.82 Å². The summed E-state index contributed by atoms with van der Waals surface area (Å²) in [7, 11) is 4.91. The van der Waals surface area contributed by atoms with Crippen LogP contribution in [0.3, 0.4) is 0 Å². The zero-order chi connectivity index (χ0) is 24.6. The number of H-pyrrole nitrogens is 1. The molecule has 1 aliphatic heterocycles. The van der Waals surface area contributed by atoms with E-state index < -0.39 is 5.82 Å². The predicted octanol–water partition coefficient (Wildman–Crippen LogP) is 4.96. The molecule has 2 heterocycles. The van der Waals surface area contributed by atoms with Gasteiger partial charge in [0.2, 0.25) is 5.91 Å². The molecule has 6 nitrogen and oxygen atoms in total. The Morgan fingerprint density at radius 2 is 1.85 bits per heavy atom. The molecule has 7 heteroatoms. The van der Waals surface area contributed by atoms with Gasteiger partial charge in [-0.25, -0.2) is 4.39 Å². The average Bonchev–Trinajstić information content (AvgIpc) is 3.29. The van der Waals surface area contributed by atoms with Crippen molar-refractivity contribution in [1.82, 2.24) is 14.8 Å². The summed E-state index contributed by atoms with van der Waals surface area (Å²) in [5, 5.41) is 0.600. The molecular weight excluding hydrogens is 433 g/mol. The quantitative estimate of drug-likeness (QED) is 0.582. The Bertz CT molecular complexity index is 1290. The number of carbonyl (C=O) groups excluding carboxylic acids is 2. The number of carbonyl (C=O) groups is 2. The van der Waals surface area contributed by atoms with E-state index in [0.717, 1.165) is 16.7 Å². The maximum absolute atomic E-state index is 16.0. The summed E-state index contributed by atoms with van der Waals surface area (Å²) in [5.41, 5.74) is 3.29. The fourth-order valence-electron chi connectivity index (χ4n) is 4.43. The van der Waals surface area contributed by atoms with Gasteiger partial charge in [-0.1, -0.05) is 38.1 Å². The van der Waals surface area contributed by atoms with E-state index in [2.05, 4.69) is 4.98 Å². The minimum Gasteiger partial charge on any atom is -0.496 e. The number of halogens is 1. The van der Waals surface area contributed by atoms with E-state index in [1.165, 1.54) is 4.90 Å². The van der Waals surface area contributed by atoms with Gasteiger partial charge in [-0.05, 0) is 35.8 Å². The molecule has 4 rings (SSSR count). The number of aromatic amines is 1. The van der Waals surface area contributed by atoms with Gasteiger partial charge >= 0.3 is 0 Å². The molecule has 1 N–H and O–H groups in total. The number of benzene rings is 2. The average molecular weight is 464 g/mol. The van der Waals surface area contributed by atoms with Crippen LogP contribution in [0.15, 0.2) is 42.5 Å². The van der Waals surface area contributed by atoms with E-state index in [-0.39, 0.29) is 23.2 Å². The Labute approximate surface area is 199 Å². The number of para-hydroxylation sites is 1. The molecular formula is C27H30FN3O3. The van der Waals surface area contributed by atoms with Crippen molar-refractivity contribution in [1.29, 1.82) is 0 Å². The molecule has 3 aromatic rings. The number of methoxy groups -OCH3 is 1. The minimum absolute atomic E-state index is 0.0516. The third kappa shape index (κ3) is 4.18. The molecule has 0 saturated heterocycles. The highest BCUT2D eigenvalue weighted by atomic mass is 19.1. The van der Waals surface area contributed by atoms with Gasteiger partial charge in [0.1, 0.15) is 11.4 Å². The number of ether oxygens (including phenoxy) is 1. The fourth-order valence-corrected chi connectivity index (χ4v) is 4.43. The number of amides is 2. The normalized spacial score (nSPS) is 13.9.